The van der Waals surface area contributed by atoms with Gasteiger partial charge in [0.2, 0.25) is 6.10 Å². The fourth-order valence-corrected chi connectivity index (χ4v) is 3.65. The number of amides is 1. The van der Waals surface area contributed by atoms with Crippen molar-refractivity contribution >= 4 is 29.2 Å². The lowest BCUT2D eigenvalue weighted by atomic mass is 9.90. The Morgan fingerprint density at radius 1 is 1.13 bits per heavy atom. The Morgan fingerprint density at radius 2 is 1.81 bits per heavy atom. The average molecular weight is 455 g/mol. The molecular formula is C22H22ClF3N2O3. The molecule has 9 heteroatoms. The van der Waals surface area contributed by atoms with Crippen molar-refractivity contribution in [2.45, 2.75) is 25.1 Å². The third kappa shape index (κ3) is 6.70. The van der Waals surface area contributed by atoms with Gasteiger partial charge in [0.15, 0.2) is 5.78 Å². The Hall–Kier alpha value is -2.58. The van der Waals surface area contributed by atoms with E-state index in [4.69, 9.17) is 16.3 Å². The van der Waals surface area contributed by atoms with Crippen LogP contribution in [0.3, 0.4) is 0 Å². The van der Waals surface area contributed by atoms with E-state index in [0.717, 1.165) is 0 Å². The predicted molar refractivity (Wildman–Crippen MR) is 111 cm³/mol. The van der Waals surface area contributed by atoms with Crippen molar-refractivity contribution < 1.29 is 27.5 Å². The number of halogens is 4. The lowest BCUT2D eigenvalue weighted by Crippen LogP contribution is -2.48. The molecule has 0 aromatic heterocycles. The molecule has 2 unspecified atom stereocenters. The Labute approximate surface area is 183 Å². The summed E-state index contributed by atoms with van der Waals surface area (Å²) in [5, 5.41) is 2.69. The number of carbonyl (C=O) groups is 2. The zero-order valence-electron chi connectivity index (χ0n) is 16.6. The van der Waals surface area contributed by atoms with Gasteiger partial charge in [-0.15, -0.1) is 0 Å². The second-order valence-electron chi connectivity index (χ2n) is 7.40. The number of ketones is 1. The molecule has 0 saturated carbocycles. The van der Waals surface area contributed by atoms with Crippen molar-refractivity contribution in [3.63, 3.8) is 0 Å². The highest BCUT2D eigenvalue weighted by molar-refractivity contribution is 6.30. The summed E-state index contributed by atoms with van der Waals surface area (Å²) in [7, 11) is 0. The number of nitrogens with one attached hydrogen (secondary N) is 1. The van der Waals surface area contributed by atoms with Gasteiger partial charge >= 0.3 is 12.3 Å². The summed E-state index contributed by atoms with van der Waals surface area (Å²) in [5.41, 5.74) is 0.808. The summed E-state index contributed by atoms with van der Waals surface area (Å²) in [6.07, 6.45) is -7.07. The number of carbonyl (C=O) groups excluding carboxylic acids is 2. The van der Waals surface area contributed by atoms with Gasteiger partial charge in [0.25, 0.3) is 0 Å². The Balaban J connectivity index is 1.61. The van der Waals surface area contributed by atoms with Gasteiger partial charge in [0.05, 0.1) is 0 Å². The summed E-state index contributed by atoms with van der Waals surface area (Å²) in [6, 6.07) is 14.6. The Bertz CT molecular complexity index is 891. The largest absolute Gasteiger partial charge is 0.435 e. The molecule has 3 rings (SSSR count). The molecule has 0 bridgehead atoms. The lowest BCUT2D eigenvalue weighted by Gasteiger charge is -2.34. The van der Waals surface area contributed by atoms with Crippen molar-refractivity contribution in [1.82, 2.24) is 4.90 Å². The minimum atomic E-state index is -4.74. The summed E-state index contributed by atoms with van der Waals surface area (Å²) in [4.78, 5) is 26.2. The second kappa shape index (κ2) is 10.2. The first-order valence-corrected chi connectivity index (χ1v) is 10.2. The quantitative estimate of drug-likeness (QED) is 0.592. The highest BCUT2D eigenvalue weighted by atomic mass is 35.5. The summed E-state index contributed by atoms with van der Waals surface area (Å²) in [5.74, 6) is -0.483. The number of alkyl halides is 3. The van der Waals surface area contributed by atoms with Gasteiger partial charge in [-0.25, -0.2) is 4.79 Å². The first-order chi connectivity index (χ1) is 14.7. The third-order valence-corrected chi connectivity index (χ3v) is 5.32. The zero-order chi connectivity index (χ0) is 22.4. The molecule has 1 aliphatic heterocycles. The van der Waals surface area contributed by atoms with E-state index in [-0.39, 0.29) is 18.0 Å². The molecule has 1 aliphatic rings. The summed E-state index contributed by atoms with van der Waals surface area (Å²) >= 11 is 5.75. The van der Waals surface area contributed by atoms with Crippen molar-refractivity contribution in [1.29, 1.82) is 0 Å². The van der Waals surface area contributed by atoms with Gasteiger partial charge in [-0.1, -0.05) is 41.9 Å². The number of anilines is 1. The zero-order valence-corrected chi connectivity index (χ0v) is 17.3. The van der Waals surface area contributed by atoms with E-state index in [0.29, 0.717) is 30.0 Å². The van der Waals surface area contributed by atoms with Crippen LogP contribution in [0.15, 0.2) is 54.6 Å². The van der Waals surface area contributed by atoms with Gasteiger partial charge in [0, 0.05) is 35.3 Å². The molecule has 5 nitrogen and oxygen atoms in total. The number of rotatable bonds is 6. The SMILES string of the molecule is O=C(Nc1ccc(Cl)cc1)OC(CN1CCCC(C(=O)c2ccccc2)C1)C(F)(F)F. The molecule has 1 heterocycles. The first kappa shape index (κ1) is 23.1. The van der Waals surface area contributed by atoms with Crippen LogP contribution in [0.1, 0.15) is 23.2 Å². The van der Waals surface area contributed by atoms with E-state index < -0.39 is 30.8 Å². The van der Waals surface area contributed by atoms with E-state index in [9.17, 15) is 22.8 Å². The van der Waals surface area contributed by atoms with Crippen LogP contribution in [0.5, 0.6) is 0 Å². The minimum Gasteiger partial charge on any atom is -0.435 e. The van der Waals surface area contributed by atoms with E-state index in [1.54, 1.807) is 30.3 Å². The number of nitrogens with zero attached hydrogens (tertiary/aromatic N) is 1. The number of likely N-dealkylation sites (tertiary alicyclic amines) is 1. The predicted octanol–water partition coefficient (Wildman–Crippen LogP) is 5.41. The Kier molecular flexibility index (Phi) is 7.56. The molecule has 1 amide bonds. The number of ether oxygens (including phenoxy) is 1. The molecule has 2 aromatic rings. The lowest BCUT2D eigenvalue weighted by molar-refractivity contribution is -0.207. The number of benzene rings is 2. The van der Waals surface area contributed by atoms with Crippen molar-refractivity contribution in [2.75, 3.05) is 25.0 Å². The highest BCUT2D eigenvalue weighted by Gasteiger charge is 2.44. The molecule has 31 heavy (non-hydrogen) atoms. The molecule has 0 aliphatic carbocycles. The normalized spacial score (nSPS) is 18.3. The molecule has 166 valence electrons. The second-order valence-corrected chi connectivity index (χ2v) is 7.83. The Morgan fingerprint density at radius 3 is 2.45 bits per heavy atom. The molecular weight excluding hydrogens is 433 g/mol. The van der Waals surface area contributed by atoms with Gasteiger partial charge in [-0.05, 0) is 43.7 Å². The van der Waals surface area contributed by atoms with Crippen LogP contribution < -0.4 is 5.32 Å². The highest BCUT2D eigenvalue weighted by Crippen LogP contribution is 2.27. The molecule has 2 atom stereocenters. The number of Topliss-reactive ketones (excluding diaryl/α,β-unsaturated/α-hetero) is 1. The number of hydrogen-bond donors (Lipinski definition) is 1. The maximum absolute atomic E-state index is 13.5. The number of piperidine rings is 1. The molecule has 1 N–H and O–H groups in total. The minimum absolute atomic E-state index is 0.0877. The third-order valence-electron chi connectivity index (χ3n) is 5.06. The van der Waals surface area contributed by atoms with Gasteiger partial charge in [-0.3, -0.25) is 15.0 Å². The monoisotopic (exact) mass is 454 g/mol. The van der Waals surface area contributed by atoms with Crippen LogP contribution in [0.25, 0.3) is 0 Å². The van der Waals surface area contributed by atoms with E-state index in [1.807, 2.05) is 0 Å². The molecule has 0 spiro atoms. The van der Waals surface area contributed by atoms with E-state index in [1.165, 1.54) is 29.2 Å². The molecule has 2 aromatic carbocycles. The van der Waals surface area contributed by atoms with Crippen molar-refractivity contribution in [2.24, 2.45) is 5.92 Å². The average Bonchev–Trinajstić information content (AvgIpc) is 2.74. The number of hydrogen-bond acceptors (Lipinski definition) is 4. The molecule has 0 radical (unpaired) electrons. The van der Waals surface area contributed by atoms with Gasteiger partial charge < -0.3 is 4.74 Å². The van der Waals surface area contributed by atoms with Crippen LogP contribution in [0, 0.1) is 5.92 Å². The maximum atomic E-state index is 13.5. The van der Waals surface area contributed by atoms with Crippen LogP contribution >= 0.6 is 11.6 Å². The van der Waals surface area contributed by atoms with Crippen LogP contribution in [0.2, 0.25) is 5.02 Å². The fourth-order valence-electron chi connectivity index (χ4n) is 3.53. The van der Waals surface area contributed by atoms with Crippen LogP contribution in [-0.2, 0) is 4.74 Å². The molecule has 1 fully saturated rings. The summed E-state index contributed by atoms with van der Waals surface area (Å²) in [6.45, 7) is 0.0475. The van der Waals surface area contributed by atoms with Gasteiger partial charge in [-0.2, -0.15) is 13.2 Å². The topological polar surface area (TPSA) is 58.6 Å². The summed E-state index contributed by atoms with van der Waals surface area (Å²) < 4.78 is 45.3. The van der Waals surface area contributed by atoms with Gasteiger partial charge in [0.1, 0.15) is 0 Å². The smallest absolute Gasteiger partial charge is 0.426 e. The first-order valence-electron chi connectivity index (χ1n) is 9.84. The van der Waals surface area contributed by atoms with Crippen LogP contribution in [-0.4, -0.2) is 48.7 Å². The van der Waals surface area contributed by atoms with Crippen molar-refractivity contribution in [3.8, 4) is 0 Å². The van der Waals surface area contributed by atoms with Crippen LogP contribution in [0.4, 0.5) is 23.7 Å². The van der Waals surface area contributed by atoms with E-state index >= 15 is 0 Å². The van der Waals surface area contributed by atoms with Crippen molar-refractivity contribution in [3.05, 3.63) is 65.2 Å². The standard InChI is InChI=1S/C22H22ClF3N2O3/c23-17-8-10-18(11-9-17)27-21(30)31-19(22(24,25)26)14-28-12-4-7-16(13-28)20(29)15-5-2-1-3-6-15/h1-3,5-6,8-11,16,19H,4,7,12-14H2,(H,27,30). The molecule has 1 saturated heterocycles. The van der Waals surface area contributed by atoms with E-state index in [2.05, 4.69) is 5.32 Å². The maximum Gasteiger partial charge on any atom is 0.426 e. The fraction of sp³-hybridized carbons (Fsp3) is 0.364.